The number of rotatable bonds is 6. The van der Waals surface area contributed by atoms with E-state index in [9.17, 15) is 4.79 Å². The number of hydrogen-bond acceptors (Lipinski definition) is 3. The fourth-order valence-electron chi connectivity index (χ4n) is 1.68. The lowest BCUT2D eigenvalue weighted by molar-refractivity contribution is -0.145. The van der Waals surface area contributed by atoms with Crippen molar-refractivity contribution in [2.75, 3.05) is 6.54 Å². The molecule has 0 aliphatic carbocycles. The minimum atomic E-state index is -0.936. The molecule has 17 heavy (non-hydrogen) atoms. The summed E-state index contributed by atoms with van der Waals surface area (Å²) in [6.07, 6.45) is 0.325. The highest BCUT2D eigenvalue weighted by atomic mass is 16.5. The van der Waals surface area contributed by atoms with E-state index in [-0.39, 0.29) is 0 Å². The average molecular weight is 237 g/mol. The Hall–Kier alpha value is -1.55. The van der Waals surface area contributed by atoms with Crippen LogP contribution in [0, 0.1) is 6.92 Å². The van der Waals surface area contributed by atoms with Crippen molar-refractivity contribution in [2.24, 2.45) is 5.73 Å². The Labute approximate surface area is 101 Å². The van der Waals surface area contributed by atoms with Gasteiger partial charge in [0.05, 0.1) is 0 Å². The molecule has 4 nitrogen and oxygen atoms in total. The van der Waals surface area contributed by atoms with Crippen LogP contribution in [0.25, 0.3) is 0 Å². The predicted octanol–water partition coefficient (Wildman–Crippen LogP) is 1.74. The van der Waals surface area contributed by atoms with Crippen molar-refractivity contribution < 1.29 is 14.6 Å². The van der Waals surface area contributed by atoms with E-state index < -0.39 is 12.1 Å². The molecule has 0 amide bonds. The second kappa shape index (κ2) is 6.25. The quantitative estimate of drug-likeness (QED) is 0.790. The predicted molar refractivity (Wildman–Crippen MR) is 66.3 cm³/mol. The molecule has 0 aromatic heterocycles. The SMILES string of the molecule is CCC(Oc1c(C)cccc1CCN)C(=O)O. The molecule has 0 saturated heterocycles. The van der Waals surface area contributed by atoms with Crippen molar-refractivity contribution in [3.63, 3.8) is 0 Å². The molecule has 4 heteroatoms. The number of carbonyl (C=O) groups is 1. The molecular formula is C13H19NO3. The van der Waals surface area contributed by atoms with Gasteiger partial charge in [0.2, 0.25) is 0 Å². The minimum Gasteiger partial charge on any atom is -0.479 e. The lowest BCUT2D eigenvalue weighted by Crippen LogP contribution is -2.26. The van der Waals surface area contributed by atoms with Gasteiger partial charge in [-0.1, -0.05) is 25.1 Å². The summed E-state index contributed by atoms with van der Waals surface area (Å²) in [6, 6.07) is 5.75. The highest BCUT2D eigenvalue weighted by Gasteiger charge is 2.19. The van der Waals surface area contributed by atoms with Crippen LogP contribution in [0.2, 0.25) is 0 Å². The number of carboxylic acids is 1. The van der Waals surface area contributed by atoms with Crippen molar-refractivity contribution >= 4 is 5.97 Å². The van der Waals surface area contributed by atoms with Crippen LogP contribution in [-0.2, 0) is 11.2 Å². The standard InChI is InChI=1S/C13H19NO3/c1-3-11(13(15)16)17-12-9(2)5-4-6-10(12)7-8-14/h4-6,11H,3,7-8,14H2,1-2H3,(H,15,16). The van der Waals surface area contributed by atoms with Crippen LogP contribution in [0.5, 0.6) is 5.75 Å². The Bertz CT molecular complexity index is 390. The summed E-state index contributed by atoms with van der Waals surface area (Å²) >= 11 is 0. The number of aryl methyl sites for hydroxylation is 1. The molecule has 0 spiro atoms. The molecule has 0 aliphatic rings. The molecule has 1 rings (SSSR count). The van der Waals surface area contributed by atoms with Crippen molar-refractivity contribution in [1.29, 1.82) is 0 Å². The van der Waals surface area contributed by atoms with E-state index in [1.807, 2.05) is 25.1 Å². The summed E-state index contributed by atoms with van der Waals surface area (Å²) in [5, 5.41) is 9.00. The molecule has 0 bridgehead atoms. The zero-order valence-corrected chi connectivity index (χ0v) is 10.3. The maximum atomic E-state index is 11.0. The molecule has 0 heterocycles. The number of carboxylic acid groups (broad SMARTS) is 1. The van der Waals surface area contributed by atoms with E-state index in [4.69, 9.17) is 15.6 Å². The van der Waals surface area contributed by atoms with Crippen molar-refractivity contribution in [3.05, 3.63) is 29.3 Å². The molecule has 1 aromatic rings. The van der Waals surface area contributed by atoms with E-state index in [0.29, 0.717) is 25.1 Å². The first-order valence-electron chi connectivity index (χ1n) is 5.78. The molecule has 1 aromatic carbocycles. The van der Waals surface area contributed by atoms with Crippen molar-refractivity contribution in [3.8, 4) is 5.75 Å². The van der Waals surface area contributed by atoms with Gasteiger partial charge in [-0.3, -0.25) is 0 Å². The molecule has 0 radical (unpaired) electrons. The maximum Gasteiger partial charge on any atom is 0.344 e. The number of aliphatic carboxylic acids is 1. The topological polar surface area (TPSA) is 72.5 Å². The van der Waals surface area contributed by atoms with Crippen LogP contribution in [0.1, 0.15) is 24.5 Å². The number of benzene rings is 1. The normalized spacial score (nSPS) is 12.2. The van der Waals surface area contributed by atoms with Gasteiger partial charge in [-0.25, -0.2) is 4.79 Å². The monoisotopic (exact) mass is 237 g/mol. The number of para-hydroxylation sites is 1. The largest absolute Gasteiger partial charge is 0.479 e. The Morgan fingerprint density at radius 3 is 2.76 bits per heavy atom. The van der Waals surface area contributed by atoms with E-state index in [1.165, 1.54) is 0 Å². The van der Waals surface area contributed by atoms with Crippen LogP contribution >= 0.6 is 0 Å². The van der Waals surface area contributed by atoms with Crippen LogP contribution in [-0.4, -0.2) is 23.7 Å². The van der Waals surface area contributed by atoms with Crippen LogP contribution in [0.15, 0.2) is 18.2 Å². The Morgan fingerprint density at radius 2 is 2.24 bits per heavy atom. The summed E-state index contributed by atoms with van der Waals surface area (Å²) in [6.45, 7) is 4.22. The third-order valence-corrected chi connectivity index (χ3v) is 2.61. The van der Waals surface area contributed by atoms with Gasteiger partial charge in [0.15, 0.2) is 6.10 Å². The zero-order valence-electron chi connectivity index (χ0n) is 10.3. The van der Waals surface area contributed by atoms with Crippen LogP contribution in [0.3, 0.4) is 0 Å². The van der Waals surface area contributed by atoms with E-state index in [0.717, 1.165) is 11.1 Å². The number of nitrogens with two attached hydrogens (primary N) is 1. The smallest absolute Gasteiger partial charge is 0.344 e. The fraction of sp³-hybridized carbons (Fsp3) is 0.462. The fourth-order valence-corrected chi connectivity index (χ4v) is 1.68. The first-order chi connectivity index (χ1) is 8.10. The summed E-state index contributed by atoms with van der Waals surface area (Å²) in [7, 11) is 0. The summed E-state index contributed by atoms with van der Waals surface area (Å²) in [5.74, 6) is -0.276. The van der Waals surface area contributed by atoms with Gasteiger partial charge in [0.25, 0.3) is 0 Å². The Kier molecular flexibility index (Phi) is 4.97. The summed E-state index contributed by atoms with van der Waals surface area (Å²) < 4.78 is 5.58. The van der Waals surface area contributed by atoms with Gasteiger partial charge in [0.1, 0.15) is 5.75 Å². The second-order valence-corrected chi connectivity index (χ2v) is 3.95. The summed E-state index contributed by atoms with van der Waals surface area (Å²) in [4.78, 5) is 11.0. The third kappa shape index (κ3) is 3.46. The van der Waals surface area contributed by atoms with Crippen molar-refractivity contribution in [2.45, 2.75) is 32.8 Å². The Morgan fingerprint density at radius 1 is 1.53 bits per heavy atom. The van der Waals surface area contributed by atoms with Crippen molar-refractivity contribution in [1.82, 2.24) is 0 Å². The van der Waals surface area contributed by atoms with E-state index >= 15 is 0 Å². The van der Waals surface area contributed by atoms with E-state index in [1.54, 1.807) is 6.92 Å². The first kappa shape index (κ1) is 13.5. The molecule has 94 valence electrons. The average Bonchev–Trinajstić information content (AvgIpc) is 2.28. The zero-order chi connectivity index (χ0) is 12.8. The second-order valence-electron chi connectivity index (χ2n) is 3.95. The van der Waals surface area contributed by atoms with Gasteiger partial charge in [-0.05, 0) is 37.4 Å². The highest BCUT2D eigenvalue weighted by Crippen LogP contribution is 2.25. The molecule has 0 fully saturated rings. The molecule has 1 unspecified atom stereocenters. The minimum absolute atomic E-state index is 0.436. The van der Waals surface area contributed by atoms with Gasteiger partial charge < -0.3 is 15.6 Å². The van der Waals surface area contributed by atoms with Crippen LogP contribution < -0.4 is 10.5 Å². The lowest BCUT2D eigenvalue weighted by atomic mass is 10.1. The number of hydrogen-bond donors (Lipinski definition) is 2. The van der Waals surface area contributed by atoms with Gasteiger partial charge in [0, 0.05) is 0 Å². The van der Waals surface area contributed by atoms with Gasteiger partial charge in [-0.15, -0.1) is 0 Å². The summed E-state index contributed by atoms with van der Waals surface area (Å²) in [5.41, 5.74) is 7.44. The lowest BCUT2D eigenvalue weighted by Gasteiger charge is -2.18. The first-order valence-corrected chi connectivity index (χ1v) is 5.78. The molecular weight excluding hydrogens is 218 g/mol. The molecule has 0 aliphatic heterocycles. The third-order valence-electron chi connectivity index (χ3n) is 2.61. The van der Waals surface area contributed by atoms with Gasteiger partial charge in [-0.2, -0.15) is 0 Å². The molecule has 3 N–H and O–H groups in total. The van der Waals surface area contributed by atoms with Crippen LogP contribution in [0.4, 0.5) is 0 Å². The molecule has 0 saturated carbocycles. The van der Waals surface area contributed by atoms with E-state index in [2.05, 4.69) is 0 Å². The highest BCUT2D eigenvalue weighted by molar-refractivity contribution is 5.72. The Balaban J connectivity index is 2.98. The van der Waals surface area contributed by atoms with Gasteiger partial charge >= 0.3 is 5.97 Å². The maximum absolute atomic E-state index is 11.0. The number of ether oxygens (including phenoxy) is 1. The molecule has 1 atom stereocenters.